The van der Waals surface area contributed by atoms with Gasteiger partial charge in [0.25, 0.3) is 5.91 Å². The second kappa shape index (κ2) is 8.07. The van der Waals surface area contributed by atoms with Crippen LogP contribution in [0.3, 0.4) is 0 Å². The Morgan fingerprint density at radius 3 is 2.66 bits per heavy atom. The SMILES string of the molecule is Cc1ccc(C(C)(C)NC(=O)Nc2ccc3c(c2)CN(C2CCC(=O)NC2=O)C3=O)nc1. The molecule has 0 radical (unpaired) electrons. The van der Waals surface area contributed by atoms with Crippen molar-refractivity contribution >= 4 is 29.4 Å². The summed E-state index contributed by atoms with van der Waals surface area (Å²) in [7, 11) is 0. The summed E-state index contributed by atoms with van der Waals surface area (Å²) < 4.78 is 0. The number of pyridine rings is 1. The average Bonchev–Trinajstić information content (AvgIpc) is 3.03. The molecule has 3 N–H and O–H groups in total. The summed E-state index contributed by atoms with van der Waals surface area (Å²) in [6.45, 7) is 5.92. The third-order valence-corrected chi connectivity index (χ3v) is 5.76. The van der Waals surface area contributed by atoms with Crippen LogP contribution in [0.5, 0.6) is 0 Å². The first-order valence-corrected chi connectivity index (χ1v) is 10.4. The lowest BCUT2D eigenvalue weighted by Crippen LogP contribution is -2.52. The number of rotatable bonds is 4. The molecule has 3 heterocycles. The van der Waals surface area contributed by atoms with Gasteiger partial charge in [0.1, 0.15) is 6.04 Å². The number of nitrogens with zero attached hydrogens (tertiary/aromatic N) is 2. The number of amides is 5. The first-order chi connectivity index (χ1) is 15.1. The van der Waals surface area contributed by atoms with Gasteiger partial charge in [-0.3, -0.25) is 24.7 Å². The van der Waals surface area contributed by atoms with Crippen LogP contribution in [0, 0.1) is 6.92 Å². The van der Waals surface area contributed by atoms with Crippen molar-refractivity contribution in [2.45, 2.75) is 51.7 Å². The van der Waals surface area contributed by atoms with E-state index in [-0.39, 0.29) is 24.8 Å². The summed E-state index contributed by atoms with van der Waals surface area (Å²) in [4.78, 5) is 54.8. The predicted octanol–water partition coefficient (Wildman–Crippen LogP) is 2.21. The molecule has 1 fully saturated rings. The van der Waals surface area contributed by atoms with E-state index in [0.29, 0.717) is 17.7 Å². The van der Waals surface area contributed by atoms with E-state index in [2.05, 4.69) is 20.9 Å². The molecule has 2 aliphatic rings. The van der Waals surface area contributed by atoms with Crippen LogP contribution in [0.15, 0.2) is 36.5 Å². The fraction of sp³-hybridized carbons (Fsp3) is 0.348. The monoisotopic (exact) mass is 435 g/mol. The highest BCUT2D eigenvalue weighted by Gasteiger charge is 2.39. The number of carbonyl (C=O) groups is 4. The average molecular weight is 435 g/mol. The first-order valence-electron chi connectivity index (χ1n) is 10.4. The number of fused-ring (bicyclic) bond motifs is 1. The maximum Gasteiger partial charge on any atom is 0.319 e. The van der Waals surface area contributed by atoms with Gasteiger partial charge in [0.15, 0.2) is 0 Å². The number of aryl methyl sites for hydroxylation is 1. The molecule has 2 aliphatic heterocycles. The van der Waals surface area contributed by atoms with E-state index in [0.717, 1.165) is 16.8 Å². The third-order valence-electron chi connectivity index (χ3n) is 5.76. The van der Waals surface area contributed by atoms with E-state index in [9.17, 15) is 19.2 Å². The summed E-state index contributed by atoms with van der Waals surface area (Å²) in [5.41, 5.74) is 2.83. The molecule has 32 heavy (non-hydrogen) atoms. The lowest BCUT2D eigenvalue weighted by atomic mass is 10.00. The van der Waals surface area contributed by atoms with E-state index in [1.54, 1.807) is 24.4 Å². The number of anilines is 1. The van der Waals surface area contributed by atoms with Crippen LogP contribution in [0.2, 0.25) is 0 Å². The van der Waals surface area contributed by atoms with Crippen molar-refractivity contribution in [2.75, 3.05) is 5.32 Å². The van der Waals surface area contributed by atoms with Gasteiger partial charge in [-0.05, 0) is 62.6 Å². The van der Waals surface area contributed by atoms with Crippen molar-refractivity contribution in [1.29, 1.82) is 0 Å². The van der Waals surface area contributed by atoms with Crippen LogP contribution in [0.1, 0.15) is 53.9 Å². The van der Waals surface area contributed by atoms with Gasteiger partial charge in [-0.1, -0.05) is 6.07 Å². The van der Waals surface area contributed by atoms with Gasteiger partial charge >= 0.3 is 6.03 Å². The van der Waals surface area contributed by atoms with Crippen molar-refractivity contribution in [3.63, 3.8) is 0 Å². The number of piperidine rings is 1. The van der Waals surface area contributed by atoms with Crippen molar-refractivity contribution in [3.05, 3.63) is 58.9 Å². The van der Waals surface area contributed by atoms with Crippen LogP contribution < -0.4 is 16.0 Å². The topological polar surface area (TPSA) is 120 Å². The Balaban J connectivity index is 1.44. The Bertz CT molecular complexity index is 1110. The predicted molar refractivity (Wildman–Crippen MR) is 117 cm³/mol. The van der Waals surface area contributed by atoms with Gasteiger partial charge in [-0.15, -0.1) is 0 Å². The van der Waals surface area contributed by atoms with Crippen molar-refractivity contribution in [2.24, 2.45) is 0 Å². The van der Waals surface area contributed by atoms with Gasteiger partial charge in [-0.2, -0.15) is 0 Å². The Morgan fingerprint density at radius 1 is 1.19 bits per heavy atom. The highest BCUT2D eigenvalue weighted by atomic mass is 16.2. The number of aromatic nitrogens is 1. The Hall–Kier alpha value is -3.75. The number of imide groups is 1. The fourth-order valence-corrected chi connectivity index (χ4v) is 4.00. The van der Waals surface area contributed by atoms with E-state index in [4.69, 9.17) is 0 Å². The van der Waals surface area contributed by atoms with Crippen molar-refractivity contribution in [3.8, 4) is 0 Å². The number of carbonyl (C=O) groups excluding carboxylic acids is 4. The Morgan fingerprint density at radius 2 is 1.97 bits per heavy atom. The molecule has 0 saturated carbocycles. The van der Waals surface area contributed by atoms with Crippen LogP contribution >= 0.6 is 0 Å². The zero-order valence-corrected chi connectivity index (χ0v) is 18.2. The van der Waals surface area contributed by atoms with Crippen molar-refractivity contribution < 1.29 is 19.2 Å². The molecular formula is C23H25N5O4. The molecule has 4 rings (SSSR count). The minimum absolute atomic E-state index is 0.204. The lowest BCUT2D eigenvalue weighted by molar-refractivity contribution is -0.136. The largest absolute Gasteiger partial charge is 0.327 e. The molecule has 0 spiro atoms. The second-order valence-corrected chi connectivity index (χ2v) is 8.70. The normalized spacial score (nSPS) is 18.3. The number of benzene rings is 1. The summed E-state index contributed by atoms with van der Waals surface area (Å²) in [5, 5.41) is 8.00. The van der Waals surface area contributed by atoms with Crippen LogP contribution in [0.4, 0.5) is 10.5 Å². The van der Waals surface area contributed by atoms with Crippen LogP contribution in [0.25, 0.3) is 0 Å². The highest BCUT2D eigenvalue weighted by molar-refractivity contribution is 6.05. The zero-order valence-electron chi connectivity index (χ0n) is 18.2. The summed E-state index contributed by atoms with van der Waals surface area (Å²) in [5.74, 6) is -1.03. The van der Waals surface area contributed by atoms with Crippen LogP contribution in [-0.2, 0) is 21.7 Å². The molecule has 1 aromatic heterocycles. The van der Waals surface area contributed by atoms with E-state index in [1.165, 1.54) is 4.90 Å². The molecule has 1 aromatic carbocycles. The molecule has 0 aliphatic carbocycles. The standard InChI is InChI=1S/C23H25N5O4/c1-13-4-8-18(24-11-13)23(2,3)27-22(32)25-15-5-6-16-14(10-15)12-28(21(16)31)17-7-9-19(29)26-20(17)30/h4-6,8,10-11,17H,7,9,12H2,1-3H3,(H2,25,27,32)(H,26,29,30). The molecule has 2 aromatic rings. The van der Waals surface area contributed by atoms with Gasteiger partial charge in [0.05, 0.1) is 11.2 Å². The first kappa shape index (κ1) is 21.5. The number of urea groups is 1. The number of nitrogens with one attached hydrogen (secondary N) is 3. The second-order valence-electron chi connectivity index (χ2n) is 8.70. The lowest BCUT2D eigenvalue weighted by Gasteiger charge is -2.29. The molecule has 5 amide bonds. The summed E-state index contributed by atoms with van der Waals surface area (Å²) in [6.07, 6.45) is 2.26. The smallest absolute Gasteiger partial charge is 0.319 e. The molecule has 1 unspecified atom stereocenters. The summed E-state index contributed by atoms with van der Waals surface area (Å²) in [6, 6.07) is 7.78. The molecular weight excluding hydrogens is 410 g/mol. The Kier molecular flexibility index (Phi) is 5.41. The minimum atomic E-state index is -0.687. The third kappa shape index (κ3) is 4.18. The quantitative estimate of drug-likeness (QED) is 0.636. The highest BCUT2D eigenvalue weighted by Crippen LogP contribution is 2.29. The molecule has 166 valence electrons. The van der Waals surface area contributed by atoms with Gasteiger partial charge in [0.2, 0.25) is 11.8 Å². The van der Waals surface area contributed by atoms with Crippen molar-refractivity contribution in [1.82, 2.24) is 20.5 Å². The molecule has 1 saturated heterocycles. The van der Waals surface area contributed by atoms with Gasteiger partial charge < -0.3 is 15.5 Å². The van der Waals surface area contributed by atoms with Gasteiger partial charge in [-0.25, -0.2) is 4.79 Å². The summed E-state index contributed by atoms with van der Waals surface area (Å²) >= 11 is 0. The van der Waals surface area contributed by atoms with E-state index in [1.807, 2.05) is 32.9 Å². The van der Waals surface area contributed by atoms with E-state index >= 15 is 0 Å². The molecule has 9 heteroatoms. The molecule has 9 nitrogen and oxygen atoms in total. The van der Waals surface area contributed by atoms with E-state index < -0.39 is 23.5 Å². The number of hydrogen-bond acceptors (Lipinski definition) is 5. The molecule has 1 atom stereocenters. The van der Waals surface area contributed by atoms with Gasteiger partial charge in [0, 0.05) is 30.4 Å². The fourth-order valence-electron chi connectivity index (χ4n) is 4.00. The minimum Gasteiger partial charge on any atom is -0.327 e. The maximum absolute atomic E-state index is 12.8. The maximum atomic E-state index is 12.8. The number of hydrogen-bond donors (Lipinski definition) is 3. The molecule has 0 bridgehead atoms. The zero-order chi connectivity index (χ0) is 23.0. The Labute approximate surface area is 185 Å². The van der Waals surface area contributed by atoms with Crippen LogP contribution in [-0.4, -0.2) is 39.7 Å².